The molecule has 0 spiro atoms. The highest BCUT2D eigenvalue weighted by Gasteiger charge is 2.08. The average Bonchev–Trinajstić information content (AvgIpc) is 2.30. The van der Waals surface area contributed by atoms with Crippen LogP contribution in [-0.2, 0) is 4.57 Å². The third kappa shape index (κ3) is 7.64. The van der Waals surface area contributed by atoms with E-state index in [1.54, 1.807) is 11.1 Å². The molecule has 0 amide bonds. The van der Waals surface area contributed by atoms with Gasteiger partial charge in [0.25, 0.3) is 0 Å². The standard InChI is InChI=1S/C16H26.HO2P/c1-3-7-11-15(12-8-4-1)16-13-9-5-2-6-10-14-16;1-3-2/h11,13H,1-10,12,14H2;(H,1,2). The third-order valence-electron chi connectivity index (χ3n) is 3.99. The molecule has 0 saturated carbocycles. The molecule has 0 radical (unpaired) electrons. The van der Waals surface area contributed by atoms with Crippen LogP contribution in [0.15, 0.2) is 23.3 Å². The van der Waals surface area contributed by atoms with E-state index in [9.17, 15) is 0 Å². The number of hydrogen-bond donors (Lipinski definition) is 1. The Morgan fingerprint density at radius 3 is 1.53 bits per heavy atom. The zero-order valence-corrected chi connectivity index (χ0v) is 12.8. The summed E-state index contributed by atoms with van der Waals surface area (Å²) in [7, 11) is -0.833. The minimum Gasteiger partial charge on any atom is -0.310 e. The summed E-state index contributed by atoms with van der Waals surface area (Å²) in [4.78, 5) is 6.99. The summed E-state index contributed by atoms with van der Waals surface area (Å²) in [5.74, 6) is 0. The third-order valence-corrected chi connectivity index (χ3v) is 3.99. The van der Waals surface area contributed by atoms with Crippen molar-refractivity contribution in [3.63, 3.8) is 0 Å². The highest BCUT2D eigenvalue weighted by Crippen LogP contribution is 2.28. The molecule has 0 aliphatic heterocycles. The van der Waals surface area contributed by atoms with Crippen LogP contribution in [0.5, 0.6) is 0 Å². The number of hydrogen-bond acceptors (Lipinski definition) is 1. The van der Waals surface area contributed by atoms with Gasteiger partial charge in [0.15, 0.2) is 0 Å². The predicted octanol–water partition coefficient (Wildman–Crippen LogP) is 5.73. The summed E-state index contributed by atoms with van der Waals surface area (Å²) in [6.45, 7) is 0. The fourth-order valence-electron chi connectivity index (χ4n) is 2.97. The van der Waals surface area contributed by atoms with Crippen LogP contribution in [0.3, 0.4) is 0 Å². The molecule has 0 atom stereocenters. The maximum atomic E-state index is 8.46. The van der Waals surface area contributed by atoms with Crippen LogP contribution in [0.4, 0.5) is 0 Å². The quantitative estimate of drug-likeness (QED) is 0.623. The Morgan fingerprint density at radius 1 is 0.737 bits per heavy atom. The first kappa shape index (κ1) is 16.6. The summed E-state index contributed by atoms with van der Waals surface area (Å²) in [6, 6.07) is 0. The smallest absolute Gasteiger partial charge is 0.310 e. The van der Waals surface area contributed by atoms with E-state index in [-0.39, 0.29) is 0 Å². The summed E-state index contributed by atoms with van der Waals surface area (Å²) in [6.07, 6.45) is 21.9. The maximum Gasteiger partial charge on any atom is 0.324 e. The first-order valence-corrected chi connectivity index (χ1v) is 8.50. The Balaban J connectivity index is 0.000000550. The second-order valence-corrected chi connectivity index (χ2v) is 5.61. The molecular formula is C16H27O2P. The normalized spacial score (nSPS) is 21.7. The molecule has 3 heteroatoms. The van der Waals surface area contributed by atoms with E-state index in [2.05, 4.69) is 12.2 Å². The van der Waals surface area contributed by atoms with Crippen LogP contribution in [0.2, 0.25) is 0 Å². The van der Waals surface area contributed by atoms with Crippen LogP contribution >= 0.6 is 8.69 Å². The largest absolute Gasteiger partial charge is 0.324 e. The molecule has 2 aliphatic rings. The minimum absolute atomic E-state index is 0.833. The van der Waals surface area contributed by atoms with Gasteiger partial charge in [0.1, 0.15) is 0 Å². The molecule has 0 bridgehead atoms. The van der Waals surface area contributed by atoms with Gasteiger partial charge in [-0.3, -0.25) is 0 Å². The van der Waals surface area contributed by atoms with Gasteiger partial charge in [0.05, 0.1) is 0 Å². The molecule has 0 aromatic heterocycles. The fraction of sp³-hybridized carbons (Fsp3) is 0.750. The second-order valence-electron chi connectivity index (χ2n) is 5.45. The highest BCUT2D eigenvalue weighted by molar-refractivity contribution is 7.16. The van der Waals surface area contributed by atoms with Gasteiger partial charge < -0.3 is 4.89 Å². The summed E-state index contributed by atoms with van der Waals surface area (Å²) in [5.41, 5.74) is 3.42. The lowest BCUT2D eigenvalue weighted by Gasteiger charge is -2.17. The van der Waals surface area contributed by atoms with E-state index >= 15 is 0 Å². The molecule has 0 aromatic rings. The van der Waals surface area contributed by atoms with Gasteiger partial charge in [-0.1, -0.05) is 37.8 Å². The Bertz CT molecular complexity index is 280. The van der Waals surface area contributed by atoms with E-state index in [0.717, 1.165) is 0 Å². The second kappa shape index (κ2) is 11.4. The van der Waals surface area contributed by atoms with Crippen LogP contribution < -0.4 is 0 Å². The lowest BCUT2D eigenvalue weighted by Crippen LogP contribution is -1.97. The zero-order chi connectivity index (χ0) is 13.8. The predicted molar refractivity (Wildman–Crippen MR) is 81.4 cm³/mol. The molecule has 2 rings (SSSR count). The Kier molecular flexibility index (Phi) is 9.93. The highest BCUT2D eigenvalue weighted by atomic mass is 31.1. The first-order valence-electron chi connectivity index (χ1n) is 7.73. The van der Waals surface area contributed by atoms with Crippen molar-refractivity contribution in [2.75, 3.05) is 0 Å². The minimum atomic E-state index is -0.833. The molecule has 0 saturated heterocycles. The number of allylic oxidation sites excluding steroid dienone is 4. The monoisotopic (exact) mass is 282 g/mol. The molecule has 108 valence electrons. The first-order chi connectivity index (χ1) is 9.38. The van der Waals surface area contributed by atoms with Gasteiger partial charge in [0, 0.05) is 0 Å². The molecular weight excluding hydrogens is 255 g/mol. The van der Waals surface area contributed by atoms with E-state index in [1.165, 1.54) is 77.0 Å². The summed E-state index contributed by atoms with van der Waals surface area (Å²) < 4.78 is 8.46. The fourth-order valence-corrected chi connectivity index (χ4v) is 2.97. The molecule has 0 fully saturated rings. The molecule has 0 unspecified atom stereocenters. The molecule has 1 N–H and O–H groups in total. The lowest BCUT2D eigenvalue weighted by molar-refractivity contribution is 0.524. The van der Waals surface area contributed by atoms with Crippen molar-refractivity contribution in [2.45, 2.75) is 77.0 Å². The van der Waals surface area contributed by atoms with Gasteiger partial charge in [-0.25, -0.2) is 4.57 Å². The Morgan fingerprint density at radius 2 is 1.11 bits per heavy atom. The molecule has 0 aromatic carbocycles. The van der Waals surface area contributed by atoms with Gasteiger partial charge in [-0.05, 0) is 62.5 Å². The molecule has 2 nitrogen and oxygen atoms in total. The maximum absolute atomic E-state index is 8.46. The summed E-state index contributed by atoms with van der Waals surface area (Å²) in [5, 5.41) is 0. The van der Waals surface area contributed by atoms with Crippen molar-refractivity contribution in [1.82, 2.24) is 0 Å². The van der Waals surface area contributed by atoms with E-state index in [0.29, 0.717) is 0 Å². The lowest BCUT2D eigenvalue weighted by atomic mass is 9.89. The summed E-state index contributed by atoms with van der Waals surface area (Å²) >= 11 is 0. The van der Waals surface area contributed by atoms with Crippen LogP contribution in [-0.4, -0.2) is 4.89 Å². The van der Waals surface area contributed by atoms with Crippen LogP contribution in [0.1, 0.15) is 77.0 Å². The van der Waals surface area contributed by atoms with Crippen molar-refractivity contribution >= 4 is 8.69 Å². The zero-order valence-electron chi connectivity index (χ0n) is 11.9. The van der Waals surface area contributed by atoms with Gasteiger partial charge in [-0.15, -0.1) is 0 Å². The molecule has 0 heterocycles. The molecule has 2 aliphatic carbocycles. The van der Waals surface area contributed by atoms with E-state index < -0.39 is 8.69 Å². The van der Waals surface area contributed by atoms with Gasteiger partial charge >= 0.3 is 8.69 Å². The van der Waals surface area contributed by atoms with Crippen LogP contribution in [0, 0.1) is 0 Å². The van der Waals surface area contributed by atoms with Crippen molar-refractivity contribution in [2.24, 2.45) is 0 Å². The SMILES string of the molecule is C1=C(C2=CCCCCCC2)CCCCCC1.O=PO. The van der Waals surface area contributed by atoms with Gasteiger partial charge in [0.2, 0.25) is 0 Å². The van der Waals surface area contributed by atoms with Crippen LogP contribution in [0.25, 0.3) is 0 Å². The topological polar surface area (TPSA) is 37.3 Å². The van der Waals surface area contributed by atoms with Crippen molar-refractivity contribution < 1.29 is 9.46 Å². The number of rotatable bonds is 1. The van der Waals surface area contributed by atoms with Crippen molar-refractivity contribution in [3.8, 4) is 0 Å². The Hall–Kier alpha value is -0.460. The van der Waals surface area contributed by atoms with E-state index in [4.69, 9.17) is 9.46 Å². The van der Waals surface area contributed by atoms with Gasteiger partial charge in [-0.2, -0.15) is 0 Å². The Labute approximate surface area is 119 Å². The van der Waals surface area contributed by atoms with Crippen molar-refractivity contribution in [3.05, 3.63) is 23.3 Å². The average molecular weight is 282 g/mol. The van der Waals surface area contributed by atoms with E-state index in [1.807, 2.05) is 0 Å². The van der Waals surface area contributed by atoms with Crippen molar-refractivity contribution in [1.29, 1.82) is 0 Å². The molecule has 19 heavy (non-hydrogen) atoms.